The van der Waals surface area contributed by atoms with Gasteiger partial charge in [-0.15, -0.1) is 0 Å². The van der Waals surface area contributed by atoms with Crippen LogP contribution in [0.3, 0.4) is 0 Å². The molecule has 0 bridgehead atoms. The predicted octanol–water partition coefficient (Wildman–Crippen LogP) is 0.875. The summed E-state index contributed by atoms with van der Waals surface area (Å²) in [5.74, 6) is 0.208. The number of rotatable bonds is 2. The van der Waals surface area contributed by atoms with E-state index in [1.807, 2.05) is 12.1 Å². The molecule has 5 nitrogen and oxygen atoms in total. The lowest BCUT2D eigenvalue weighted by Crippen LogP contribution is -2.22. The molecule has 1 aromatic rings. The molecule has 1 aromatic carbocycles. The first-order valence-corrected chi connectivity index (χ1v) is 4.68. The zero-order valence-corrected chi connectivity index (χ0v) is 8.61. The van der Waals surface area contributed by atoms with Gasteiger partial charge in [0.15, 0.2) is 0 Å². The standard InChI is InChI=1S/C11H10N2O3/c1-16-9-5-3-2-4-7(9)6-8-10(14)13-11(15)12-8/h2-6H,1H3,(H2,12,13,14,15)/b8-6+. The van der Waals surface area contributed by atoms with Gasteiger partial charge in [-0.05, 0) is 12.1 Å². The highest BCUT2D eigenvalue weighted by molar-refractivity contribution is 6.14. The average Bonchev–Trinajstić information content (AvgIpc) is 2.58. The molecule has 0 radical (unpaired) electrons. The average molecular weight is 218 g/mol. The maximum atomic E-state index is 11.3. The number of amides is 3. The van der Waals surface area contributed by atoms with Crippen LogP contribution in [0.25, 0.3) is 6.08 Å². The minimum absolute atomic E-state index is 0.217. The second-order valence-corrected chi connectivity index (χ2v) is 3.21. The van der Waals surface area contributed by atoms with Gasteiger partial charge in [0, 0.05) is 5.56 Å². The van der Waals surface area contributed by atoms with Gasteiger partial charge < -0.3 is 10.1 Å². The second kappa shape index (κ2) is 4.06. The Hall–Kier alpha value is -2.30. The topological polar surface area (TPSA) is 67.4 Å². The fourth-order valence-electron chi connectivity index (χ4n) is 1.42. The minimum Gasteiger partial charge on any atom is -0.496 e. The lowest BCUT2D eigenvalue weighted by molar-refractivity contribution is -0.115. The Morgan fingerprint density at radius 3 is 2.56 bits per heavy atom. The normalized spacial score (nSPS) is 17.2. The molecule has 1 heterocycles. The van der Waals surface area contributed by atoms with Crippen molar-refractivity contribution in [2.75, 3.05) is 7.11 Å². The van der Waals surface area contributed by atoms with Gasteiger partial charge in [0.05, 0.1) is 7.11 Å². The van der Waals surface area contributed by atoms with Gasteiger partial charge in [0.1, 0.15) is 11.4 Å². The molecule has 2 rings (SSSR count). The van der Waals surface area contributed by atoms with Crippen LogP contribution in [0.15, 0.2) is 30.0 Å². The van der Waals surface area contributed by atoms with Crippen molar-refractivity contribution >= 4 is 18.0 Å². The van der Waals surface area contributed by atoms with Crippen molar-refractivity contribution in [3.05, 3.63) is 35.5 Å². The van der Waals surface area contributed by atoms with Crippen molar-refractivity contribution in [2.24, 2.45) is 0 Å². The molecule has 1 saturated heterocycles. The number of ether oxygens (including phenoxy) is 1. The van der Waals surface area contributed by atoms with Crippen LogP contribution in [0.1, 0.15) is 5.56 Å². The van der Waals surface area contributed by atoms with Crippen LogP contribution in [-0.2, 0) is 4.79 Å². The Balaban J connectivity index is 2.36. The van der Waals surface area contributed by atoms with Crippen molar-refractivity contribution in [3.8, 4) is 5.75 Å². The summed E-state index contributed by atoms with van der Waals surface area (Å²) in [6.07, 6.45) is 1.57. The van der Waals surface area contributed by atoms with E-state index in [-0.39, 0.29) is 5.70 Å². The molecule has 16 heavy (non-hydrogen) atoms. The fraction of sp³-hybridized carbons (Fsp3) is 0.0909. The third-order valence-electron chi connectivity index (χ3n) is 2.16. The summed E-state index contributed by atoms with van der Waals surface area (Å²) in [7, 11) is 1.55. The fourth-order valence-corrected chi connectivity index (χ4v) is 1.42. The number of hydrogen-bond donors (Lipinski definition) is 2. The second-order valence-electron chi connectivity index (χ2n) is 3.21. The van der Waals surface area contributed by atoms with Crippen LogP contribution in [0.4, 0.5) is 4.79 Å². The van der Waals surface area contributed by atoms with Crippen LogP contribution < -0.4 is 15.4 Å². The Labute approximate surface area is 92.1 Å². The van der Waals surface area contributed by atoms with Gasteiger partial charge in [-0.25, -0.2) is 4.79 Å². The summed E-state index contributed by atoms with van der Waals surface area (Å²) >= 11 is 0. The largest absolute Gasteiger partial charge is 0.496 e. The van der Waals surface area contributed by atoms with E-state index in [9.17, 15) is 9.59 Å². The number of benzene rings is 1. The van der Waals surface area contributed by atoms with Crippen LogP contribution in [0, 0.1) is 0 Å². The molecule has 0 saturated carbocycles. The van der Waals surface area contributed by atoms with Gasteiger partial charge >= 0.3 is 6.03 Å². The SMILES string of the molecule is COc1ccccc1/C=C1/NC(=O)NC1=O. The van der Waals surface area contributed by atoms with Crippen LogP contribution >= 0.6 is 0 Å². The molecular weight excluding hydrogens is 208 g/mol. The molecule has 1 aliphatic rings. The van der Waals surface area contributed by atoms with Crippen LogP contribution in [0.5, 0.6) is 5.75 Å². The van der Waals surface area contributed by atoms with Gasteiger partial charge in [0.25, 0.3) is 5.91 Å². The first kappa shape index (κ1) is 10.2. The first-order valence-electron chi connectivity index (χ1n) is 4.68. The highest BCUT2D eigenvalue weighted by Gasteiger charge is 2.22. The molecule has 0 atom stereocenters. The molecule has 1 aliphatic heterocycles. The molecule has 5 heteroatoms. The number of nitrogens with one attached hydrogen (secondary N) is 2. The van der Waals surface area contributed by atoms with Crippen LogP contribution in [-0.4, -0.2) is 19.0 Å². The summed E-state index contributed by atoms with van der Waals surface area (Å²) in [5.41, 5.74) is 0.951. The Bertz CT molecular complexity index is 480. The summed E-state index contributed by atoms with van der Waals surface area (Å²) in [6.45, 7) is 0. The molecule has 1 fully saturated rings. The number of methoxy groups -OCH3 is 1. The van der Waals surface area contributed by atoms with E-state index in [2.05, 4.69) is 10.6 Å². The molecular formula is C11H10N2O3. The smallest absolute Gasteiger partial charge is 0.326 e. The Kier molecular flexibility index (Phi) is 2.59. The van der Waals surface area contributed by atoms with Gasteiger partial charge in [-0.2, -0.15) is 0 Å². The van der Waals surface area contributed by atoms with E-state index in [4.69, 9.17) is 4.74 Å². The number of imide groups is 1. The summed E-state index contributed by atoms with van der Waals surface area (Å²) < 4.78 is 5.13. The van der Waals surface area contributed by atoms with E-state index in [1.165, 1.54) is 0 Å². The lowest BCUT2D eigenvalue weighted by atomic mass is 10.1. The molecule has 0 spiro atoms. The van der Waals surface area contributed by atoms with E-state index in [1.54, 1.807) is 25.3 Å². The number of carbonyl (C=O) groups excluding carboxylic acids is 2. The zero-order valence-electron chi connectivity index (χ0n) is 8.61. The monoisotopic (exact) mass is 218 g/mol. The van der Waals surface area contributed by atoms with Crippen molar-refractivity contribution < 1.29 is 14.3 Å². The van der Waals surface area contributed by atoms with Crippen molar-refractivity contribution in [3.63, 3.8) is 0 Å². The zero-order chi connectivity index (χ0) is 11.5. The molecule has 3 amide bonds. The molecule has 0 unspecified atom stereocenters. The molecule has 0 aliphatic carbocycles. The minimum atomic E-state index is -0.508. The molecule has 82 valence electrons. The number of urea groups is 1. The van der Waals surface area contributed by atoms with E-state index >= 15 is 0 Å². The lowest BCUT2D eigenvalue weighted by Gasteiger charge is -2.03. The van der Waals surface area contributed by atoms with Gasteiger partial charge in [-0.1, -0.05) is 18.2 Å². The number of para-hydroxylation sites is 1. The van der Waals surface area contributed by atoms with Crippen molar-refractivity contribution in [2.45, 2.75) is 0 Å². The highest BCUT2D eigenvalue weighted by Crippen LogP contribution is 2.20. The van der Waals surface area contributed by atoms with Gasteiger partial charge in [0.2, 0.25) is 0 Å². The molecule has 2 N–H and O–H groups in total. The van der Waals surface area contributed by atoms with Crippen molar-refractivity contribution in [1.82, 2.24) is 10.6 Å². The first-order chi connectivity index (χ1) is 7.70. The Morgan fingerprint density at radius 1 is 1.19 bits per heavy atom. The maximum Gasteiger partial charge on any atom is 0.326 e. The van der Waals surface area contributed by atoms with E-state index < -0.39 is 11.9 Å². The third-order valence-corrected chi connectivity index (χ3v) is 2.16. The number of hydrogen-bond acceptors (Lipinski definition) is 3. The predicted molar refractivity (Wildman–Crippen MR) is 57.6 cm³/mol. The van der Waals surface area contributed by atoms with E-state index in [0.717, 1.165) is 5.56 Å². The number of carbonyl (C=O) groups is 2. The summed E-state index contributed by atoms with van der Waals surface area (Å²) in [5, 5.41) is 4.54. The van der Waals surface area contributed by atoms with E-state index in [0.29, 0.717) is 5.75 Å². The summed E-state index contributed by atoms with van der Waals surface area (Å²) in [4.78, 5) is 22.2. The third kappa shape index (κ3) is 1.88. The van der Waals surface area contributed by atoms with Crippen LogP contribution in [0.2, 0.25) is 0 Å². The Morgan fingerprint density at radius 2 is 1.94 bits per heavy atom. The van der Waals surface area contributed by atoms with Gasteiger partial charge in [-0.3, -0.25) is 10.1 Å². The highest BCUT2D eigenvalue weighted by atomic mass is 16.5. The quantitative estimate of drug-likeness (QED) is 0.572. The maximum absolute atomic E-state index is 11.3. The van der Waals surface area contributed by atoms with Crippen molar-refractivity contribution in [1.29, 1.82) is 0 Å². The molecule has 0 aromatic heterocycles. The summed E-state index contributed by atoms with van der Waals surface area (Å²) in [6, 6.07) is 6.72.